The van der Waals surface area contributed by atoms with Crippen molar-refractivity contribution in [2.75, 3.05) is 43.7 Å². The summed E-state index contributed by atoms with van der Waals surface area (Å²) in [6.45, 7) is 2.29. The first-order valence-corrected chi connectivity index (χ1v) is 10.6. The van der Waals surface area contributed by atoms with Gasteiger partial charge in [0.25, 0.3) is 15.7 Å². The Morgan fingerprint density at radius 3 is 2.38 bits per heavy atom. The number of hydrogen-bond acceptors (Lipinski definition) is 7. The van der Waals surface area contributed by atoms with Crippen LogP contribution in [0.5, 0.6) is 0 Å². The Morgan fingerprint density at radius 1 is 1.10 bits per heavy atom. The molecule has 2 aromatic rings. The summed E-state index contributed by atoms with van der Waals surface area (Å²) in [5, 5.41) is 22.1. The van der Waals surface area contributed by atoms with E-state index in [1.54, 1.807) is 18.2 Å². The van der Waals surface area contributed by atoms with Crippen LogP contribution in [0, 0.1) is 10.1 Å². The highest BCUT2D eigenvalue weighted by Gasteiger charge is 2.32. The fraction of sp³-hybridized carbons (Fsp3) is 0.368. The van der Waals surface area contributed by atoms with E-state index in [1.807, 2.05) is 4.90 Å². The molecule has 2 aromatic carbocycles. The molecule has 0 amide bonds. The number of benzene rings is 2. The van der Waals surface area contributed by atoms with Gasteiger partial charge in [-0.3, -0.25) is 19.3 Å². The van der Waals surface area contributed by atoms with E-state index in [1.165, 1.54) is 36.4 Å². The predicted octanol–water partition coefficient (Wildman–Crippen LogP) is 1.48. The average Bonchev–Trinajstić information content (AvgIpc) is 2.73. The van der Waals surface area contributed by atoms with Gasteiger partial charge in [-0.15, -0.1) is 0 Å². The lowest BCUT2D eigenvalue weighted by molar-refractivity contribution is -0.384. The van der Waals surface area contributed by atoms with Gasteiger partial charge in [-0.25, -0.2) is 8.42 Å². The maximum atomic E-state index is 13.3. The number of nitro groups is 1. The molecule has 156 valence electrons. The van der Waals surface area contributed by atoms with E-state index in [9.17, 15) is 23.6 Å². The third-order valence-corrected chi connectivity index (χ3v) is 6.42. The summed E-state index contributed by atoms with van der Waals surface area (Å²) in [4.78, 5) is 12.8. The zero-order chi connectivity index (χ0) is 20.9. The van der Waals surface area contributed by atoms with Gasteiger partial charge in [0.1, 0.15) is 5.69 Å². The van der Waals surface area contributed by atoms with Gasteiger partial charge >= 0.3 is 0 Å². The van der Waals surface area contributed by atoms with Crippen LogP contribution in [0.2, 0.25) is 0 Å². The second-order valence-corrected chi connectivity index (χ2v) is 8.52. The van der Waals surface area contributed by atoms with Crippen LogP contribution in [0.25, 0.3) is 0 Å². The van der Waals surface area contributed by atoms with E-state index >= 15 is 0 Å². The minimum absolute atomic E-state index is 0.00303. The molecule has 10 heteroatoms. The Kier molecular flexibility index (Phi) is 6.80. The molecular weight excluding hydrogens is 398 g/mol. The number of ether oxygens (including phenoxy) is 1. The Labute approximate surface area is 169 Å². The maximum Gasteiger partial charge on any atom is 0.293 e. The Bertz CT molecular complexity index is 932. The average molecular weight is 421 g/mol. The van der Waals surface area contributed by atoms with E-state index in [0.29, 0.717) is 26.3 Å². The summed E-state index contributed by atoms with van der Waals surface area (Å²) in [6.07, 6.45) is -1.04. The van der Waals surface area contributed by atoms with Crippen molar-refractivity contribution in [1.29, 1.82) is 0 Å². The molecule has 1 fully saturated rings. The summed E-state index contributed by atoms with van der Waals surface area (Å²) in [5.74, 6) is 0. The van der Waals surface area contributed by atoms with E-state index in [-0.39, 0.29) is 29.4 Å². The predicted molar refractivity (Wildman–Crippen MR) is 107 cm³/mol. The minimum Gasteiger partial charge on any atom is -0.390 e. The van der Waals surface area contributed by atoms with Gasteiger partial charge < -0.3 is 9.84 Å². The van der Waals surface area contributed by atoms with Crippen molar-refractivity contribution in [2.45, 2.75) is 11.0 Å². The molecule has 1 aliphatic heterocycles. The van der Waals surface area contributed by atoms with Crippen LogP contribution >= 0.6 is 0 Å². The van der Waals surface area contributed by atoms with Crippen LogP contribution in [-0.4, -0.2) is 68.8 Å². The Hall–Kier alpha value is -2.53. The molecule has 0 unspecified atom stereocenters. The number of β-amino-alcohol motifs (C(OH)–C–C–N with tert-alkyl or cyclic N) is 1. The van der Waals surface area contributed by atoms with Crippen LogP contribution in [0.15, 0.2) is 59.5 Å². The topological polar surface area (TPSA) is 113 Å². The number of morpholine rings is 1. The van der Waals surface area contributed by atoms with Crippen molar-refractivity contribution in [3.05, 3.63) is 64.7 Å². The van der Waals surface area contributed by atoms with Crippen LogP contribution in [0.1, 0.15) is 0 Å². The van der Waals surface area contributed by atoms with Crippen LogP contribution < -0.4 is 4.31 Å². The highest BCUT2D eigenvalue weighted by molar-refractivity contribution is 7.92. The highest BCUT2D eigenvalue weighted by atomic mass is 32.2. The highest BCUT2D eigenvalue weighted by Crippen LogP contribution is 2.32. The third kappa shape index (κ3) is 5.10. The van der Waals surface area contributed by atoms with E-state index in [4.69, 9.17) is 4.74 Å². The minimum atomic E-state index is -4.12. The molecule has 29 heavy (non-hydrogen) atoms. The standard InChI is InChI=1S/C19H23N3O6S/c23-16(14-20-10-12-28-13-11-20)15-21(18-8-4-5-9-19(18)22(24)25)29(26,27)17-6-2-1-3-7-17/h1-9,16,23H,10-15H2/t16-/m0/s1. The van der Waals surface area contributed by atoms with Gasteiger partial charge in [-0.1, -0.05) is 30.3 Å². The number of anilines is 1. The molecule has 1 atom stereocenters. The largest absolute Gasteiger partial charge is 0.390 e. The first-order valence-electron chi connectivity index (χ1n) is 9.19. The van der Waals surface area contributed by atoms with E-state index in [2.05, 4.69) is 0 Å². The fourth-order valence-electron chi connectivity index (χ4n) is 3.21. The summed E-state index contributed by atoms with van der Waals surface area (Å²) >= 11 is 0. The number of aliphatic hydroxyl groups excluding tert-OH is 1. The smallest absolute Gasteiger partial charge is 0.293 e. The molecule has 0 spiro atoms. The zero-order valence-corrected chi connectivity index (χ0v) is 16.6. The Balaban J connectivity index is 1.95. The van der Waals surface area contributed by atoms with Gasteiger partial charge in [0, 0.05) is 25.7 Å². The summed E-state index contributed by atoms with van der Waals surface area (Å²) in [5.41, 5.74) is -0.423. The first-order chi connectivity index (χ1) is 13.9. The molecule has 0 aliphatic carbocycles. The maximum absolute atomic E-state index is 13.3. The molecule has 0 bridgehead atoms. The summed E-state index contributed by atoms with van der Waals surface area (Å²) in [6, 6.07) is 13.3. The van der Waals surface area contributed by atoms with Gasteiger partial charge in [0.05, 0.1) is 35.7 Å². The molecule has 0 aromatic heterocycles. The second kappa shape index (κ2) is 9.31. The number of rotatable bonds is 8. The van der Waals surface area contributed by atoms with Crippen molar-refractivity contribution in [1.82, 2.24) is 4.90 Å². The molecule has 1 N–H and O–H groups in total. The molecule has 1 aliphatic rings. The first kappa shape index (κ1) is 21.2. The second-order valence-electron chi connectivity index (χ2n) is 6.66. The summed E-state index contributed by atoms with van der Waals surface area (Å²) < 4.78 is 32.8. The van der Waals surface area contributed by atoms with Crippen LogP contribution in [0.4, 0.5) is 11.4 Å². The van der Waals surface area contributed by atoms with Crippen molar-refractivity contribution in [3.8, 4) is 0 Å². The Morgan fingerprint density at radius 2 is 1.72 bits per heavy atom. The zero-order valence-electron chi connectivity index (χ0n) is 15.8. The third-order valence-electron chi connectivity index (χ3n) is 4.63. The van der Waals surface area contributed by atoms with Crippen LogP contribution in [0.3, 0.4) is 0 Å². The molecular formula is C19H23N3O6S. The number of nitrogens with zero attached hydrogens (tertiary/aromatic N) is 3. The molecule has 9 nitrogen and oxygen atoms in total. The lowest BCUT2D eigenvalue weighted by Gasteiger charge is -2.31. The number of nitro benzene ring substituents is 1. The van der Waals surface area contributed by atoms with Crippen molar-refractivity contribution in [2.24, 2.45) is 0 Å². The van der Waals surface area contributed by atoms with Gasteiger partial charge in [0.15, 0.2) is 0 Å². The quantitative estimate of drug-likeness (QED) is 0.507. The number of aliphatic hydroxyl groups is 1. The van der Waals surface area contributed by atoms with Gasteiger partial charge in [-0.05, 0) is 18.2 Å². The molecule has 1 heterocycles. The lowest BCUT2D eigenvalue weighted by Crippen LogP contribution is -2.46. The molecule has 1 saturated heterocycles. The van der Waals surface area contributed by atoms with E-state index in [0.717, 1.165) is 4.31 Å². The van der Waals surface area contributed by atoms with Crippen molar-refractivity contribution < 1.29 is 23.2 Å². The number of para-hydroxylation sites is 2. The van der Waals surface area contributed by atoms with E-state index < -0.39 is 21.1 Å². The van der Waals surface area contributed by atoms with Gasteiger partial charge in [-0.2, -0.15) is 0 Å². The fourth-order valence-corrected chi connectivity index (χ4v) is 4.74. The molecule has 3 rings (SSSR count). The number of sulfonamides is 1. The molecule has 0 saturated carbocycles. The van der Waals surface area contributed by atoms with Crippen molar-refractivity contribution in [3.63, 3.8) is 0 Å². The number of hydrogen-bond donors (Lipinski definition) is 1. The monoisotopic (exact) mass is 421 g/mol. The lowest BCUT2D eigenvalue weighted by atomic mass is 10.2. The normalized spacial score (nSPS) is 16.3. The van der Waals surface area contributed by atoms with Crippen LogP contribution in [-0.2, 0) is 14.8 Å². The SMILES string of the molecule is O=[N+]([O-])c1ccccc1N(C[C@@H](O)CN1CCOCC1)S(=O)(=O)c1ccccc1. The van der Waals surface area contributed by atoms with Gasteiger partial charge in [0.2, 0.25) is 0 Å². The van der Waals surface area contributed by atoms with Crippen molar-refractivity contribution >= 4 is 21.4 Å². The summed E-state index contributed by atoms with van der Waals surface area (Å²) in [7, 11) is -4.12. The molecule has 0 radical (unpaired) electrons.